The van der Waals surface area contributed by atoms with E-state index < -0.39 is 5.97 Å². The van der Waals surface area contributed by atoms with Crippen molar-refractivity contribution in [3.05, 3.63) is 70.8 Å². The van der Waals surface area contributed by atoms with Gasteiger partial charge in [0.1, 0.15) is 0 Å². The van der Waals surface area contributed by atoms with Crippen LogP contribution < -0.4 is 10.7 Å². The molecule has 5 rings (SSSR count). The maximum absolute atomic E-state index is 11.3. The van der Waals surface area contributed by atoms with Crippen LogP contribution in [0, 0.1) is 5.92 Å². The monoisotopic (exact) mass is 373 g/mol. The lowest BCUT2D eigenvalue weighted by Gasteiger charge is -2.31. The first-order chi connectivity index (χ1) is 13.6. The van der Waals surface area contributed by atoms with E-state index in [0.29, 0.717) is 11.5 Å². The number of carboxylic acid groups (broad SMARTS) is 1. The Labute approximate surface area is 164 Å². The fourth-order valence-corrected chi connectivity index (χ4v) is 4.84. The molecule has 0 bridgehead atoms. The number of fused-ring (bicyclic) bond motifs is 3. The zero-order chi connectivity index (χ0) is 19.3. The summed E-state index contributed by atoms with van der Waals surface area (Å²) < 4.78 is 0. The summed E-state index contributed by atoms with van der Waals surface area (Å²) in [4.78, 5) is 11.3. The third-order valence-electron chi connectivity index (χ3n) is 6.18. The van der Waals surface area contributed by atoms with Gasteiger partial charge >= 0.3 is 5.97 Å². The molecule has 3 N–H and O–H groups in total. The fraction of sp³-hybridized carbons (Fsp3) is 0.304. The number of carbonyl (C=O) groups is 1. The molecule has 2 aromatic rings. The zero-order valence-corrected chi connectivity index (χ0v) is 15.6. The van der Waals surface area contributed by atoms with Crippen LogP contribution >= 0.6 is 0 Å². The van der Waals surface area contributed by atoms with Gasteiger partial charge in [0.05, 0.1) is 23.0 Å². The van der Waals surface area contributed by atoms with Crippen molar-refractivity contribution in [2.24, 2.45) is 11.0 Å². The number of nitrogen functional groups attached to an aromatic ring is 1. The van der Waals surface area contributed by atoms with Crippen LogP contribution in [0.15, 0.2) is 59.2 Å². The topological polar surface area (TPSA) is 78.9 Å². The fourth-order valence-electron chi connectivity index (χ4n) is 4.84. The summed E-state index contributed by atoms with van der Waals surface area (Å²) in [5, 5.41) is 16.6. The largest absolute Gasteiger partial charge is 0.478 e. The highest BCUT2D eigenvalue weighted by molar-refractivity contribution is 6.08. The lowest BCUT2D eigenvalue weighted by molar-refractivity contribution is 0.0696. The molecule has 5 nitrogen and oxygen atoms in total. The van der Waals surface area contributed by atoms with E-state index in [4.69, 9.17) is 10.8 Å². The van der Waals surface area contributed by atoms with Gasteiger partial charge in [0.15, 0.2) is 0 Å². The molecule has 0 aromatic heterocycles. The standard InChI is InChI=1S/C23H23N3O2/c24-17-7-9-18(10-8-17)26-22(14-3-1-2-4-14)20-12-5-15-13-16(23(27)28)6-11-19(15)21(20)25-26/h3,6-11,13,20,22H,1-2,4-5,12,24H2,(H,27,28). The highest BCUT2D eigenvalue weighted by Crippen LogP contribution is 2.42. The third-order valence-corrected chi connectivity index (χ3v) is 6.18. The average molecular weight is 373 g/mol. The molecule has 2 unspecified atom stereocenters. The van der Waals surface area contributed by atoms with Gasteiger partial charge in [0.2, 0.25) is 0 Å². The first kappa shape index (κ1) is 17.0. The molecule has 0 radical (unpaired) electrons. The summed E-state index contributed by atoms with van der Waals surface area (Å²) >= 11 is 0. The van der Waals surface area contributed by atoms with E-state index in [2.05, 4.69) is 11.1 Å². The third kappa shape index (κ3) is 2.70. The number of benzene rings is 2. The second kappa shape index (κ2) is 6.51. The quantitative estimate of drug-likeness (QED) is 0.623. The summed E-state index contributed by atoms with van der Waals surface area (Å²) in [6.07, 6.45) is 7.74. The van der Waals surface area contributed by atoms with E-state index in [1.54, 1.807) is 6.07 Å². The maximum atomic E-state index is 11.3. The number of carboxylic acids is 1. The molecule has 1 aliphatic heterocycles. The van der Waals surface area contributed by atoms with Crippen molar-refractivity contribution >= 4 is 23.1 Å². The van der Waals surface area contributed by atoms with Crippen LogP contribution in [0.5, 0.6) is 0 Å². The molecule has 0 saturated heterocycles. The Balaban J connectivity index is 1.60. The van der Waals surface area contributed by atoms with Gasteiger partial charge < -0.3 is 10.8 Å². The molecule has 3 aliphatic rings. The first-order valence-electron chi connectivity index (χ1n) is 9.90. The molecule has 28 heavy (non-hydrogen) atoms. The molecular formula is C23H23N3O2. The summed E-state index contributed by atoms with van der Waals surface area (Å²) in [5.41, 5.74) is 12.8. The van der Waals surface area contributed by atoms with Crippen LogP contribution in [-0.2, 0) is 6.42 Å². The summed E-state index contributed by atoms with van der Waals surface area (Å²) in [6, 6.07) is 13.6. The lowest BCUT2D eigenvalue weighted by Crippen LogP contribution is -2.37. The van der Waals surface area contributed by atoms with Gasteiger partial charge in [-0.05, 0) is 79.6 Å². The number of anilines is 2. The average Bonchev–Trinajstić information content (AvgIpc) is 3.35. The maximum Gasteiger partial charge on any atom is 0.335 e. The second-order valence-electron chi connectivity index (χ2n) is 7.86. The normalized spacial score (nSPS) is 23.1. The molecule has 0 saturated carbocycles. The number of aryl methyl sites for hydroxylation is 1. The van der Waals surface area contributed by atoms with E-state index in [1.165, 1.54) is 12.0 Å². The molecule has 0 amide bonds. The molecule has 142 valence electrons. The number of hydrogen-bond donors (Lipinski definition) is 2. The van der Waals surface area contributed by atoms with Crippen LogP contribution in [0.2, 0.25) is 0 Å². The lowest BCUT2D eigenvalue weighted by atomic mass is 9.76. The molecule has 0 fully saturated rings. The van der Waals surface area contributed by atoms with Crippen LogP contribution in [0.25, 0.3) is 0 Å². The summed E-state index contributed by atoms with van der Waals surface area (Å²) in [5.74, 6) is -0.541. The number of nitrogens with two attached hydrogens (primary N) is 1. The second-order valence-corrected chi connectivity index (χ2v) is 7.86. The predicted octanol–water partition coefficient (Wildman–Crippen LogP) is 4.23. The molecule has 2 atom stereocenters. The van der Waals surface area contributed by atoms with Gasteiger partial charge in [-0.3, -0.25) is 5.01 Å². The predicted molar refractivity (Wildman–Crippen MR) is 111 cm³/mol. The van der Waals surface area contributed by atoms with E-state index in [1.807, 2.05) is 36.4 Å². The number of allylic oxidation sites excluding steroid dienone is 1. The first-order valence-corrected chi connectivity index (χ1v) is 9.90. The van der Waals surface area contributed by atoms with Gasteiger partial charge in [-0.25, -0.2) is 4.79 Å². The minimum Gasteiger partial charge on any atom is -0.478 e. The van der Waals surface area contributed by atoms with E-state index in [0.717, 1.165) is 53.9 Å². The van der Waals surface area contributed by atoms with Crippen LogP contribution in [0.4, 0.5) is 11.4 Å². The summed E-state index contributed by atoms with van der Waals surface area (Å²) in [7, 11) is 0. The van der Waals surface area contributed by atoms with Gasteiger partial charge in [-0.2, -0.15) is 5.10 Å². The number of nitrogens with zero attached hydrogens (tertiary/aromatic N) is 2. The van der Waals surface area contributed by atoms with Crippen molar-refractivity contribution in [3.8, 4) is 0 Å². The van der Waals surface area contributed by atoms with E-state index in [-0.39, 0.29) is 6.04 Å². The Kier molecular flexibility index (Phi) is 3.97. The molecule has 2 aromatic carbocycles. The van der Waals surface area contributed by atoms with Gasteiger partial charge in [0.25, 0.3) is 0 Å². The Hall–Kier alpha value is -3.08. The van der Waals surface area contributed by atoms with Crippen LogP contribution in [-0.4, -0.2) is 22.8 Å². The Morgan fingerprint density at radius 2 is 1.96 bits per heavy atom. The number of rotatable bonds is 3. The zero-order valence-electron chi connectivity index (χ0n) is 15.6. The van der Waals surface area contributed by atoms with Gasteiger partial charge in [-0.15, -0.1) is 0 Å². The molecule has 1 heterocycles. The molecule has 5 heteroatoms. The number of aromatic carboxylic acids is 1. The van der Waals surface area contributed by atoms with Crippen molar-refractivity contribution in [1.29, 1.82) is 0 Å². The van der Waals surface area contributed by atoms with Crippen LogP contribution in [0.1, 0.15) is 47.2 Å². The van der Waals surface area contributed by atoms with Crippen molar-refractivity contribution in [1.82, 2.24) is 0 Å². The van der Waals surface area contributed by atoms with E-state index >= 15 is 0 Å². The Bertz CT molecular complexity index is 1010. The molecule has 2 aliphatic carbocycles. The van der Waals surface area contributed by atoms with Crippen molar-refractivity contribution in [2.75, 3.05) is 10.7 Å². The Morgan fingerprint density at radius 3 is 2.68 bits per heavy atom. The highest BCUT2D eigenvalue weighted by Gasteiger charge is 2.43. The van der Waals surface area contributed by atoms with Crippen LogP contribution in [0.3, 0.4) is 0 Å². The number of hydrazone groups is 1. The van der Waals surface area contributed by atoms with Crippen molar-refractivity contribution in [2.45, 2.75) is 38.1 Å². The van der Waals surface area contributed by atoms with E-state index in [9.17, 15) is 9.90 Å². The van der Waals surface area contributed by atoms with Crippen molar-refractivity contribution < 1.29 is 9.90 Å². The molecular weight excluding hydrogens is 350 g/mol. The smallest absolute Gasteiger partial charge is 0.335 e. The summed E-state index contributed by atoms with van der Waals surface area (Å²) in [6.45, 7) is 0. The van der Waals surface area contributed by atoms with Gasteiger partial charge in [-0.1, -0.05) is 12.1 Å². The number of hydrogen-bond acceptors (Lipinski definition) is 4. The molecule has 0 spiro atoms. The minimum atomic E-state index is -0.879. The van der Waals surface area contributed by atoms with Crippen molar-refractivity contribution in [3.63, 3.8) is 0 Å². The van der Waals surface area contributed by atoms with Gasteiger partial charge in [0, 0.05) is 17.2 Å². The Morgan fingerprint density at radius 1 is 1.14 bits per heavy atom. The minimum absolute atomic E-state index is 0.244. The SMILES string of the molecule is Nc1ccc(N2N=C3c4ccc(C(=O)O)cc4CCC3C2C2=CCCC2)cc1. The highest BCUT2D eigenvalue weighted by atomic mass is 16.4.